The second-order valence-corrected chi connectivity index (χ2v) is 5.85. The molecule has 1 aliphatic rings. The molecule has 5 nitrogen and oxygen atoms in total. The number of esters is 1. The molecule has 0 bridgehead atoms. The third-order valence-corrected chi connectivity index (χ3v) is 3.24. The average Bonchev–Trinajstić information content (AvgIpc) is 2.38. The van der Waals surface area contributed by atoms with Gasteiger partial charge in [-0.2, -0.15) is 0 Å². The average molecular weight is 256 g/mol. The Morgan fingerprint density at radius 2 is 2.11 bits per heavy atom. The molecule has 0 radical (unpaired) electrons. The van der Waals surface area contributed by atoms with Crippen LogP contribution in [0, 0.1) is 0 Å². The molecule has 2 atom stereocenters. The van der Waals surface area contributed by atoms with Crippen LogP contribution in [0.25, 0.3) is 0 Å². The standard InChI is InChI=1S/C13H24N2O3/c1-9-6-7-15(13(2,3)4)12(17)10(14-9)8-11(16)18-5/h9-10,14H,6-8H2,1-5H3. The first kappa shape index (κ1) is 15.0. The molecular formula is C13H24N2O3. The lowest BCUT2D eigenvalue weighted by molar-refractivity contribution is -0.146. The van der Waals surface area contributed by atoms with Crippen molar-refractivity contribution in [2.75, 3.05) is 13.7 Å². The minimum absolute atomic E-state index is 0.0164. The molecule has 0 aromatic heterocycles. The number of nitrogens with zero attached hydrogens (tertiary/aromatic N) is 1. The van der Waals surface area contributed by atoms with Crippen LogP contribution in [0.3, 0.4) is 0 Å². The largest absolute Gasteiger partial charge is 0.469 e. The second-order valence-electron chi connectivity index (χ2n) is 5.85. The molecule has 0 aliphatic carbocycles. The molecule has 0 aromatic carbocycles. The zero-order valence-electron chi connectivity index (χ0n) is 11.9. The molecule has 1 saturated heterocycles. The van der Waals surface area contributed by atoms with E-state index in [4.69, 9.17) is 0 Å². The maximum Gasteiger partial charge on any atom is 0.307 e. The molecule has 1 N–H and O–H groups in total. The van der Waals surface area contributed by atoms with E-state index in [1.807, 2.05) is 32.6 Å². The summed E-state index contributed by atoms with van der Waals surface area (Å²) >= 11 is 0. The summed E-state index contributed by atoms with van der Waals surface area (Å²) < 4.78 is 4.65. The monoisotopic (exact) mass is 256 g/mol. The van der Waals surface area contributed by atoms with Crippen LogP contribution >= 0.6 is 0 Å². The van der Waals surface area contributed by atoms with E-state index in [9.17, 15) is 9.59 Å². The third kappa shape index (κ3) is 3.70. The van der Waals surface area contributed by atoms with E-state index in [1.54, 1.807) is 0 Å². The smallest absolute Gasteiger partial charge is 0.307 e. The molecule has 1 aliphatic heterocycles. The van der Waals surface area contributed by atoms with Crippen LogP contribution in [0.1, 0.15) is 40.5 Å². The Bertz CT molecular complexity index is 323. The van der Waals surface area contributed by atoms with E-state index in [1.165, 1.54) is 7.11 Å². The highest BCUT2D eigenvalue weighted by atomic mass is 16.5. The van der Waals surface area contributed by atoms with Gasteiger partial charge in [-0.1, -0.05) is 0 Å². The number of hydrogen-bond acceptors (Lipinski definition) is 4. The number of ether oxygens (including phenoxy) is 1. The summed E-state index contributed by atoms with van der Waals surface area (Å²) in [5, 5.41) is 3.20. The molecule has 1 heterocycles. The Kier molecular flexibility index (Phi) is 4.73. The van der Waals surface area contributed by atoms with Crippen LogP contribution in [-0.2, 0) is 14.3 Å². The SMILES string of the molecule is COC(=O)CC1NC(C)CCN(C(C)(C)C)C1=O. The van der Waals surface area contributed by atoms with Crippen molar-refractivity contribution < 1.29 is 14.3 Å². The van der Waals surface area contributed by atoms with Crippen molar-refractivity contribution in [3.05, 3.63) is 0 Å². The summed E-state index contributed by atoms with van der Waals surface area (Å²) in [5.74, 6) is -0.374. The first-order valence-electron chi connectivity index (χ1n) is 6.40. The molecule has 0 spiro atoms. The predicted molar refractivity (Wildman–Crippen MR) is 69.1 cm³/mol. The summed E-state index contributed by atoms with van der Waals surface area (Å²) in [6, 6.07) is -0.259. The van der Waals surface area contributed by atoms with Crippen LogP contribution in [0.2, 0.25) is 0 Å². The molecule has 2 unspecified atom stereocenters. The zero-order valence-corrected chi connectivity index (χ0v) is 11.9. The lowest BCUT2D eigenvalue weighted by atomic mass is 10.0. The van der Waals surface area contributed by atoms with E-state index >= 15 is 0 Å². The van der Waals surface area contributed by atoms with Crippen molar-refractivity contribution in [2.24, 2.45) is 0 Å². The van der Waals surface area contributed by atoms with E-state index in [2.05, 4.69) is 10.1 Å². The number of hydrogen-bond donors (Lipinski definition) is 1. The number of nitrogens with one attached hydrogen (secondary N) is 1. The normalized spacial score (nSPS) is 25.8. The van der Waals surface area contributed by atoms with Gasteiger partial charge in [0.15, 0.2) is 0 Å². The fourth-order valence-corrected chi connectivity index (χ4v) is 2.18. The van der Waals surface area contributed by atoms with Gasteiger partial charge in [0.1, 0.15) is 0 Å². The fraction of sp³-hybridized carbons (Fsp3) is 0.846. The van der Waals surface area contributed by atoms with Crippen molar-refractivity contribution in [1.82, 2.24) is 10.2 Å². The Balaban J connectivity index is 2.87. The highest BCUT2D eigenvalue weighted by molar-refractivity contribution is 5.87. The van der Waals surface area contributed by atoms with Crippen LogP contribution in [0.15, 0.2) is 0 Å². The molecule has 18 heavy (non-hydrogen) atoms. The van der Waals surface area contributed by atoms with Gasteiger partial charge in [-0.15, -0.1) is 0 Å². The molecule has 1 fully saturated rings. The van der Waals surface area contributed by atoms with Gasteiger partial charge in [0.2, 0.25) is 5.91 Å². The second kappa shape index (κ2) is 5.69. The predicted octanol–water partition coefficient (Wildman–Crippen LogP) is 0.927. The van der Waals surface area contributed by atoms with Crippen molar-refractivity contribution >= 4 is 11.9 Å². The molecule has 5 heteroatoms. The lowest BCUT2D eigenvalue weighted by Gasteiger charge is -2.36. The number of amides is 1. The van der Waals surface area contributed by atoms with Crippen molar-refractivity contribution in [1.29, 1.82) is 0 Å². The van der Waals surface area contributed by atoms with Gasteiger partial charge in [0.25, 0.3) is 0 Å². The highest BCUT2D eigenvalue weighted by Crippen LogP contribution is 2.19. The summed E-state index contributed by atoms with van der Waals surface area (Å²) in [5.41, 5.74) is -0.225. The quantitative estimate of drug-likeness (QED) is 0.747. The van der Waals surface area contributed by atoms with E-state index in [-0.39, 0.29) is 29.9 Å². The van der Waals surface area contributed by atoms with Crippen LogP contribution in [0.5, 0.6) is 0 Å². The van der Waals surface area contributed by atoms with Crippen LogP contribution < -0.4 is 5.32 Å². The maximum absolute atomic E-state index is 12.4. The summed E-state index contributed by atoms with van der Waals surface area (Å²) in [4.78, 5) is 25.7. The van der Waals surface area contributed by atoms with Gasteiger partial charge < -0.3 is 15.0 Å². The fourth-order valence-electron chi connectivity index (χ4n) is 2.18. The number of carbonyl (C=O) groups excluding carboxylic acids is 2. The molecular weight excluding hydrogens is 232 g/mol. The first-order valence-corrected chi connectivity index (χ1v) is 6.40. The Labute approximate surface area is 109 Å². The van der Waals surface area contributed by atoms with Gasteiger partial charge in [-0.3, -0.25) is 9.59 Å². The summed E-state index contributed by atoms with van der Waals surface area (Å²) in [6.07, 6.45) is 0.979. The number of methoxy groups -OCH3 is 1. The maximum atomic E-state index is 12.4. The topological polar surface area (TPSA) is 58.6 Å². The Hall–Kier alpha value is -1.10. The van der Waals surface area contributed by atoms with E-state index in [0.717, 1.165) is 6.42 Å². The van der Waals surface area contributed by atoms with Gasteiger partial charge in [-0.25, -0.2) is 0 Å². The molecule has 1 rings (SSSR count). The molecule has 104 valence electrons. The minimum atomic E-state index is -0.478. The Morgan fingerprint density at radius 3 is 2.61 bits per heavy atom. The third-order valence-electron chi connectivity index (χ3n) is 3.24. The van der Waals surface area contributed by atoms with Crippen LogP contribution in [-0.4, -0.2) is 48.1 Å². The summed E-state index contributed by atoms with van der Waals surface area (Å²) in [6.45, 7) is 8.78. The van der Waals surface area contributed by atoms with E-state index in [0.29, 0.717) is 6.54 Å². The van der Waals surface area contributed by atoms with Crippen molar-refractivity contribution in [2.45, 2.75) is 58.2 Å². The van der Waals surface area contributed by atoms with Gasteiger partial charge in [-0.05, 0) is 34.1 Å². The lowest BCUT2D eigenvalue weighted by Crippen LogP contribution is -2.52. The van der Waals surface area contributed by atoms with Crippen LogP contribution in [0.4, 0.5) is 0 Å². The molecule has 0 aromatic rings. The first-order chi connectivity index (χ1) is 8.25. The van der Waals surface area contributed by atoms with Gasteiger partial charge >= 0.3 is 5.97 Å². The minimum Gasteiger partial charge on any atom is -0.469 e. The van der Waals surface area contributed by atoms with Gasteiger partial charge in [0.05, 0.1) is 19.6 Å². The molecule has 0 saturated carbocycles. The summed E-state index contributed by atoms with van der Waals surface area (Å²) in [7, 11) is 1.34. The highest BCUT2D eigenvalue weighted by Gasteiger charge is 2.36. The number of carbonyl (C=O) groups is 2. The van der Waals surface area contributed by atoms with Crippen molar-refractivity contribution in [3.8, 4) is 0 Å². The Morgan fingerprint density at radius 1 is 1.50 bits per heavy atom. The molecule has 1 amide bonds. The van der Waals surface area contributed by atoms with Gasteiger partial charge in [0, 0.05) is 18.1 Å². The van der Waals surface area contributed by atoms with Crippen molar-refractivity contribution in [3.63, 3.8) is 0 Å². The number of rotatable bonds is 2. The van der Waals surface area contributed by atoms with E-state index < -0.39 is 6.04 Å². The zero-order chi connectivity index (χ0) is 13.9.